The Morgan fingerprint density at radius 3 is 2.36 bits per heavy atom. The van der Waals surface area contributed by atoms with Gasteiger partial charge in [-0.25, -0.2) is 4.79 Å². The number of nitrogens with one attached hydrogen (secondary N) is 4. The van der Waals surface area contributed by atoms with E-state index in [4.69, 9.17) is 17.2 Å². The lowest BCUT2D eigenvalue weighted by atomic mass is 9.97. The number of aromatic amines is 1. The standard InChI is InChI=1S/C28H44N8O5S/c1-4-16(2)23(36-24(37)19(29)9-7-12-32-28(30)31)26(39)34-21(11-13-42-3)25(38)35-22(27(40)41)14-17-15-33-20-10-6-5-8-18(17)20/h5-6,8,10,15-16,19,21-23,33H,4,7,9,11-14,29H2,1-3H3,(H,34,39)(H,35,38)(H,36,37)(H,40,41)(H4,30,31,32). The number of carboxylic acid groups (broad SMARTS) is 1. The Kier molecular flexibility index (Phi) is 14.1. The van der Waals surface area contributed by atoms with Crippen molar-refractivity contribution in [3.05, 3.63) is 36.0 Å². The molecule has 232 valence electrons. The Balaban J connectivity index is 2.12. The Morgan fingerprint density at radius 2 is 1.71 bits per heavy atom. The van der Waals surface area contributed by atoms with Gasteiger partial charge < -0.3 is 43.2 Å². The average molecular weight is 605 g/mol. The second kappa shape index (κ2) is 17.2. The van der Waals surface area contributed by atoms with Crippen LogP contribution in [0.1, 0.15) is 45.1 Å². The Labute approximate surface area is 250 Å². The average Bonchev–Trinajstić information content (AvgIpc) is 3.37. The van der Waals surface area contributed by atoms with Crippen LogP contribution in [0.3, 0.4) is 0 Å². The predicted molar refractivity (Wildman–Crippen MR) is 166 cm³/mol. The van der Waals surface area contributed by atoms with Gasteiger partial charge >= 0.3 is 5.97 Å². The Morgan fingerprint density at radius 1 is 1.02 bits per heavy atom. The van der Waals surface area contributed by atoms with Crippen molar-refractivity contribution in [1.82, 2.24) is 20.9 Å². The lowest BCUT2D eigenvalue weighted by molar-refractivity contribution is -0.142. The molecule has 0 aliphatic rings. The summed E-state index contributed by atoms with van der Waals surface area (Å²) in [5, 5.41) is 18.8. The van der Waals surface area contributed by atoms with E-state index < -0.39 is 47.9 Å². The maximum absolute atomic E-state index is 13.4. The van der Waals surface area contributed by atoms with E-state index in [1.165, 1.54) is 11.8 Å². The zero-order chi connectivity index (χ0) is 31.2. The van der Waals surface area contributed by atoms with Crippen LogP contribution in [0.25, 0.3) is 10.9 Å². The third-order valence-corrected chi connectivity index (χ3v) is 7.70. The van der Waals surface area contributed by atoms with Crippen LogP contribution in [0.15, 0.2) is 35.5 Å². The molecule has 1 aromatic carbocycles. The zero-order valence-corrected chi connectivity index (χ0v) is 25.2. The van der Waals surface area contributed by atoms with Gasteiger partial charge in [-0.1, -0.05) is 38.5 Å². The molecule has 0 spiro atoms. The molecule has 3 amide bonds. The number of thioether (sulfide) groups is 1. The largest absolute Gasteiger partial charge is 0.480 e. The van der Waals surface area contributed by atoms with Gasteiger partial charge in [0.2, 0.25) is 17.7 Å². The number of carbonyl (C=O) groups excluding carboxylic acids is 3. The number of aromatic nitrogens is 1. The topological polar surface area (TPSA) is 231 Å². The summed E-state index contributed by atoms with van der Waals surface area (Å²) in [6.45, 7) is 4.02. The highest BCUT2D eigenvalue weighted by atomic mass is 32.2. The number of nitrogens with zero attached hydrogens (tertiary/aromatic N) is 1. The van der Waals surface area contributed by atoms with Gasteiger partial charge in [0.1, 0.15) is 18.1 Å². The number of aliphatic imine (C=N–C) groups is 1. The summed E-state index contributed by atoms with van der Waals surface area (Å²) in [4.78, 5) is 58.7. The quantitative estimate of drug-likeness (QED) is 0.0669. The molecule has 0 radical (unpaired) electrons. The highest BCUT2D eigenvalue weighted by Crippen LogP contribution is 2.19. The molecule has 0 fully saturated rings. The second-order valence-electron chi connectivity index (χ2n) is 10.2. The van der Waals surface area contributed by atoms with Crippen molar-refractivity contribution in [2.75, 3.05) is 18.6 Å². The van der Waals surface area contributed by atoms with Crippen molar-refractivity contribution < 1.29 is 24.3 Å². The van der Waals surface area contributed by atoms with Crippen LogP contribution in [-0.2, 0) is 25.6 Å². The van der Waals surface area contributed by atoms with Gasteiger partial charge in [0.15, 0.2) is 5.96 Å². The summed E-state index contributed by atoms with van der Waals surface area (Å²) in [6.07, 6.45) is 5.28. The lowest BCUT2D eigenvalue weighted by Crippen LogP contribution is -2.58. The lowest BCUT2D eigenvalue weighted by Gasteiger charge is -2.28. The number of fused-ring (bicyclic) bond motifs is 1. The number of guanidine groups is 1. The molecule has 0 saturated heterocycles. The molecule has 5 unspecified atom stereocenters. The van der Waals surface area contributed by atoms with Crippen LogP contribution in [-0.4, -0.2) is 82.5 Å². The van der Waals surface area contributed by atoms with Crippen LogP contribution in [0.5, 0.6) is 0 Å². The van der Waals surface area contributed by atoms with Crippen molar-refractivity contribution in [3.8, 4) is 0 Å². The number of benzene rings is 1. The minimum Gasteiger partial charge on any atom is -0.480 e. The molecular weight excluding hydrogens is 560 g/mol. The van der Waals surface area contributed by atoms with Crippen molar-refractivity contribution in [3.63, 3.8) is 0 Å². The van der Waals surface area contributed by atoms with Crippen molar-refractivity contribution >= 4 is 52.3 Å². The number of para-hydroxylation sites is 1. The van der Waals surface area contributed by atoms with Gasteiger partial charge in [-0.2, -0.15) is 11.8 Å². The molecule has 5 atom stereocenters. The molecule has 1 aromatic heterocycles. The third kappa shape index (κ3) is 10.6. The number of H-pyrrole nitrogens is 1. The van der Waals surface area contributed by atoms with E-state index in [0.29, 0.717) is 31.6 Å². The highest BCUT2D eigenvalue weighted by molar-refractivity contribution is 7.98. The van der Waals surface area contributed by atoms with Gasteiger partial charge in [0.05, 0.1) is 6.04 Å². The summed E-state index contributed by atoms with van der Waals surface area (Å²) < 4.78 is 0. The van der Waals surface area contributed by atoms with Gasteiger partial charge in [0.25, 0.3) is 0 Å². The fourth-order valence-electron chi connectivity index (χ4n) is 4.37. The van der Waals surface area contributed by atoms with Gasteiger partial charge in [-0.15, -0.1) is 0 Å². The molecule has 0 saturated carbocycles. The summed E-state index contributed by atoms with van der Waals surface area (Å²) in [5.41, 5.74) is 18.3. The van der Waals surface area contributed by atoms with E-state index in [1.54, 1.807) is 6.20 Å². The van der Waals surface area contributed by atoms with Crippen LogP contribution >= 0.6 is 11.8 Å². The number of nitrogens with two attached hydrogens (primary N) is 3. The molecule has 1 heterocycles. The molecule has 0 aliphatic heterocycles. The minimum absolute atomic E-state index is 0.0470. The molecule has 42 heavy (non-hydrogen) atoms. The number of carboxylic acids is 1. The van der Waals surface area contributed by atoms with Crippen LogP contribution in [0.2, 0.25) is 0 Å². The molecular formula is C28H44N8O5S. The normalized spacial score (nSPS) is 14.7. The molecule has 13 nitrogen and oxygen atoms in total. The van der Waals surface area contributed by atoms with Crippen LogP contribution < -0.4 is 33.2 Å². The van der Waals surface area contributed by atoms with E-state index in [-0.39, 0.29) is 24.7 Å². The highest BCUT2D eigenvalue weighted by Gasteiger charge is 2.32. The number of hydrogen-bond donors (Lipinski definition) is 8. The first kappa shape index (κ1) is 34.4. The van der Waals surface area contributed by atoms with Crippen molar-refractivity contribution in [2.45, 2.75) is 70.1 Å². The predicted octanol–water partition coefficient (Wildman–Crippen LogP) is 0.430. The molecule has 2 rings (SSSR count). The van der Waals surface area contributed by atoms with Crippen molar-refractivity contribution in [2.24, 2.45) is 28.1 Å². The van der Waals surface area contributed by atoms with E-state index in [1.807, 2.05) is 44.4 Å². The minimum atomic E-state index is -1.22. The smallest absolute Gasteiger partial charge is 0.326 e. The first-order valence-electron chi connectivity index (χ1n) is 14.0. The molecule has 0 aliphatic carbocycles. The number of aliphatic carboxylic acids is 1. The van der Waals surface area contributed by atoms with E-state index in [0.717, 1.165) is 16.5 Å². The maximum Gasteiger partial charge on any atom is 0.326 e. The fraction of sp³-hybridized carbons (Fsp3) is 0.536. The number of amides is 3. The third-order valence-electron chi connectivity index (χ3n) is 7.05. The zero-order valence-electron chi connectivity index (χ0n) is 24.4. The molecule has 11 N–H and O–H groups in total. The van der Waals surface area contributed by atoms with Gasteiger partial charge in [-0.05, 0) is 48.8 Å². The summed E-state index contributed by atoms with van der Waals surface area (Å²) in [7, 11) is 0. The monoisotopic (exact) mass is 604 g/mol. The molecule has 14 heteroatoms. The summed E-state index contributed by atoms with van der Waals surface area (Å²) >= 11 is 1.49. The number of carbonyl (C=O) groups is 4. The fourth-order valence-corrected chi connectivity index (χ4v) is 4.84. The van der Waals surface area contributed by atoms with Gasteiger partial charge in [0, 0.05) is 30.1 Å². The molecule has 2 aromatic rings. The second-order valence-corrected chi connectivity index (χ2v) is 11.2. The SMILES string of the molecule is CCC(C)C(NC(=O)C(N)CCCN=C(N)N)C(=O)NC(CCSC)C(=O)NC(Cc1c[nH]c2ccccc12)C(=O)O. The van der Waals surface area contributed by atoms with Crippen LogP contribution in [0, 0.1) is 5.92 Å². The van der Waals surface area contributed by atoms with Gasteiger partial charge in [-0.3, -0.25) is 19.4 Å². The van der Waals surface area contributed by atoms with Crippen LogP contribution in [0.4, 0.5) is 0 Å². The molecule has 0 bridgehead atoms. The first-order valence-corrected chi connectivity index (χ1v) is 15.4. The Hall–Kier alpha value is -3.78. The number of hydrogen-bond acceptors (Lipinski definition) is 7. The maximum atomic E-state index is 13.4. The Bertz CT molecular complexity index is 1230. The van der Waals surface area contributed by atoms with Crippen molar-refractivity contribution in [1.29, 1.82) is 0 Å². The van der Waals surface area contributed by atoms with E-state index >= 15 is 0 Å². The van der Waals surface area contributed by atoms with E-state index in [2.05, 4.69) is 25.9 Å². The summed E-state index contributed by atoms with van der Waals surface area (Å²) in [6, 6.07) is 3.44. The van der Waals surface area contributed by atoms with E-state index in [9.17, 15) is 24.3 Å². The number of rotatable bonds is 18. The first-order chi connectivity index (χ1) is 20.0. The summed E-state index contributed by atoms with van der Waals surface area (Å²) in [5.74, 6) is -2.63.